The van der Waals surface area contributed by atoms with Crippen LogP contribution in [0.15, 0.2) is 82.7 Å². The molecular weight excluding hydrogens is 515 g/mol. The highest BCUT2D eigenvalue weighted by Crippen LogP contribution is 2.13. The van der Waals surface area contributed by atoms with Crippen LogP contribution in [-0.2, 0) is 19.6 Å². The summed E-state index contributed by atoms with van der Waals surface area (Å²) in [5, 5.41) is 3.41. The fraction of sp³-hybridized carbons (Fsp3) is 0.280. The van der Waals surface area contributed by atoms with Gasteiger partial charge < -0.3 is 19.5 Å². The van der Waals surface area contributed by atoms with Gasteiger partial charge in [0, 0.05) is 39.4 Å². The van der Waals surface area contributed by atoms with E-state index in [0.717, 1.165) is 29.4 Å². The molecule has 7 heteroatoms. The summed E-state index contributed by atoms with van der Waals surface area (Å²) in [6.45, 7) is 4.64. The Labute approximate surface area is 207 Å². The standard InChI is InChI=1S/C25H30N4O2.HI/c1-4-31-23-14-12-21(13-15-23)18-28(3)25(26-2)27-17-20-8-10-22(11-9-20)19-29-16-6-5-7-24(29)30;/h5-16H,4,17-19H2,1-3H3,(H,26,27);1H. The van der Waals surface area contributed by atoms with Crippen molar-refractivity contribution in [2.75, 3.05) is 20.7 Å². The van der Waals surface area contributed by atoms with Crippen LogP contribution in [0, 0.1) is 0 Å². The number of benzene rings is 2. The lowest BCUT2D eigenvalue weighted by Crippen LogP contribution is -2.38. The van der Waals surface area contributed by atoms with Gasteiger partial charge in [-0.05, 0) is 41.8 Å². The van der Waals surface area contributed by atoms with Gasteiger partial charge in [-0.2, -0.15) is 0 Å². The van der Waals surface area contributed by atoms with Crippen molar-refractivity contribution in [3.05, 3.63) is 100.0 Å². The number of hydrogen-bond donors (Lipinski definition) is 1. The molecule has 32 heavy (non-hydrogen) atoms. The zero-order valence-electron chi connectivity index (χ0n) is 18.8. The first kappa shape index (κ1) is 25.5. The second kappa shape index (κ2) is 12.9. The molecule has 3 aromatic rings. The molecule has 0 radical (unpaired) electrons. The van der Waals surface area contributed by atoms with E-state index in [9.17, 15) is 4.79 Å². The molecule has 6 nitrogen and oxygen atoms in total. The lowest BCUT2D eigenvalue weighted by Gasteiger charge is -2.22. The van der Waals surface area contributed by atoms with Crippen LogP contribution < -0.4 is 15.6 Å². The van der Waals surface area contributed by atoms with Gasteiger partial charge in [-0.1, -0.05) is 42.5 Å². The smallest absolute Gasteiger partial charge is 0.250 e. The fourth-order valence-corrected chi connectivity index (χ4v) is 3.32. The van der Waals surface area contributed by atoms with Crippen LogP contribution in [0.1, 0.15) is 23.6 Å². The van der Waals surface area contributed by atoms with Crippen LogP contribution in [0.2, 0.25) is 0 Å². The van der Waals surface area contributed by atoms with Gasteiger partial charge in [0.1, 0.15) is 5.75 Å². The van der Waals surface area contributed by atoms with Gasteiger partial charge in [-0.15, -0.1) is 24.0 Å². The van der Waals surface area contributed by atoms with Crippen molar-refractivity contribution in [2.24, 2.45) is 4.99 Å². The van der Waals surface area contributed by atoms with Gasteiger partial charge in [0.15, 0.2) is 5.96 Å². The summed E-state index contributed by atoms with van der Waals surface area (Å²) < 4.78 is 7.20. The molecule has 0 amide bonds. The van der Waals surface area contributed by atoms with Crippen LogP contribution in [-0.4, -0.2) is 36.1 Å². The molecule has 0 aliphatic rings. The van der Waals surface area contributed by atoms with Crippen LogP contribution in [0.3, 0.4) is 0 Å². The molecule has 0 fully saturated rings. The molecule has 0 unspecified atom stereocenters. The molecule has 1 N–H and O–H groups in total. The number of hydrogen-bond acceptors (Lipinski definition) is 3. The number of guanidine groups is 1. The molecule has 170 valence electrons. The van der Waals surface area contributed by atoms with Crippen molar-refractivity contribution in [3.8, 4) is 5.75 Å². The predicted octanol–water partition coefficient (Wildman–Crippen LogP) is 4.12. The minimum atomic E-state index is 0. The Morgan fingerprint density at radius 2 is 1.66 bits per heavy atom. The van der Waals surface area contributed by atoms with Gasteiger partial charge >= 0.3 is 0 Å². The summed E-state index contributed by atoms with van der Waals surface area (Å²) in [6, 6.07) is 21.6. The van der Waals surface area contributed by atoms with Crippen LogP contribution >= 0.6 is 24.0 Å². The van der Waals surface area contributed by atoms with Crippen molar-refractivity contribution in [3.63, 3.8) is 0 Å². The lowest BCUT2D eigenvalue weighted by molar-refractivity contribution is 0.340. The maximum absolute atomic E-state index is 11.9. The molecule has 0 saturated heterocycles. The van der Waals surface area contributed by atoms with Crippen molar-refractivity contribution in [1.29, 1.82) is 0 Å². The first-order chi connectivity index (χ1) is 15.1. The van der Waals surface area contributed by atoms with Crippen LogP contribution in [0.25, 0.3) is 0 Å². The number of aromatic nitrogens is 1. The number of pyridine rings is 1. The maximum Gasteiger partial charge on any atom is 0.250 e. The van der Waals surface area contributed by atoms with Crippen molar-refractivity contribution in [1.82, 2.24) is 14.8 Å². The van der Waals surface area contributed by atoms with Gasteiger partial charge in [0.2, 0.25) is 0 Å². The Morgan fingerprint density at radius 3 is 2.28 bits per heavy atom. The third kappa shape index (κ3) is 7.40. The van der Waals surface area contributed by atoms with Crippen molar-refractivity contribution < 1.29 is 4.74 Å². The maximum atomic E-state index is 11.9. The zero-order valence-corrected chi connectivity index (χ0v) is 21.2. The molecule has 1 heterocycles. The molecule has 0 spiro atoms. The topological polar surface area (TPSA) is 58.9 Å². The Bertz CT molecular complexity index is 1050. The Kier molecular flexibility index (Phi) is 10.3. The normalized spacial score (nSPS) is 10.9. The highest BCUT2D eigenvalue weighted by atomic mass is 127. The minimum Gasteiger partial charge on any atom is -0.494 e. The number of halogens is 1. The largest absolute Gasteiger partial charge is 0.494 e. The molecule has 0 atom stereocenters. The van der Waals surface area contributed by atoms with E-state index >= 15 is 0 Å². The highest BCUT2D eigenvalue weighted by molar-refractivity contribution is 14.0. The molecule has 2 aromatic carbocycles. The number of nitrogens with one attached hydrogen (secondary N) is 1. The summed E-state index contributed by atoms with van der Waals surface area (Å²) >= 11 is 0. The highest BCUT2D eigenvalue weighted by Gasteiger charge is 2.07. The van der Waals surface area contributed by atoms with E-state index in [1.807, 2.05) is 38.4 Å². The number of nitrogens with zero attached hydrogens (tertiary/aromatic N) is 3. The van der Waals surface area contributed by atoms with Gasteiger partial charge in [-0.3, -0.25) is 9.79 Å². The first-order valence-electron chi connectivity index (χ1n) is 10.5. The van der Waals surface area contributed by atoms with Gasteiger partial charge in [0.05, 0.1) is 13.2 Å². The molecule has 0 aliphatic heterocycles. The van der Waals surface area contributed by atoms with Crippen molar-refractivity contribution >= 4 is 29.9 Å². The zero-order chi connectivity index (χ0) is 22.1. The lowest BCUT2D eigenvalue weighted by atomic mass is 10.1. The first-order valence-corrected chi connectivity index (χ1v) is 10.5. The average molecular weight is 546 g/mol. The molecule has 3 rings (SSSR count). The summed E-state index contributed by atoms with van der Waals surface area (Å²) in [5.74, 6) is 1.71. The monoisotopic (exact) mass is 546 g/mol. The van der Waals surface area contributed by atoms with Crippen LogP contribution in [0.5, 0.6) is 5.75 Å². The second-order valence-corrected chi connectivity index (χ2v) is 7.32. The Balaban J connectivity index is 0.00000363. The van der Waals surface area contributed by atoms with E-state index in [4.69, 9.17) is 4.74 Å². The second-order valence-electron chi connectivity index (χ2n) is 7.32. The third-order valence-corrected chi connectivity index (χ3v) is 4.95. The summed E-state index contributed by atoms with van der Waals surface area (Å²) in [4.78, 5) is 18.4. The number of rotatable bonds is 8. The number of ether oxygens (including phenoxy) is 1. The minimum absolute atomic E-state index is 0. The summed E-state index contributed by atoms with van der Waals surface area (Å²) in [5.41, 5.74) is 3.44. The van der Waals surface area contributed by atoms with E-state index in [1.165, 1.54) is 5.56 Å². The molecular formula is C25H31IN4O2. The quantitative estimate of drug-likeness (QED) is 0.263. The molecule has 1 aromatic heterocycles. The van der Waals surface area contributed by atoms with Crippen LogP contribution in [0.4, 0.5) is 0 Å². The van der Waals surface area contributed by atoms with E-state index in [1.54, 1.807) is 23.7 Å². The van der Waals surface area contributed by atoms with E-state index in [0.29, 0.717) is 19.7 Å². The summed E-state index contributed by atoms with van der Waals surface area (Å²) in [6.07, 6.45) is 1.81. The molecule has 0 saturated carbocycles. The third-order valence-electron chi connectivity index (χ3n) is 4.95. The van der Waals surface area contributed by atoms with E-state index in [2.05, 4.69) is 51.6 Å². The Morgan fingerprint density at radius 1 is 1.00 bits per heavy atom. The summed E-state index contributed by atoms with van der Waals surface area (Å²) in [7, 11) is 3.81. The fourth-order valence-electron chi connectivity index (χ4n) is 3.32. The Hall–Kier alpha value is -2.81. The van der Waals surface area contributed by atoms with Gasteiger partial charge in [0.25, 0.3) is 5.56 Å². The van der Waals surface area contributed by atoms with E-state index < -0.39 is 0 Å². The van der Waals surface area contributed by atoms with Gasteiger partial charge in [-0.25, -0.2) is 0 Å². The number of aliphatic imine (C=N–C) groups is 1. The van der Waals surface area contributed by atoms with Crippen molar-refractivity contribution in [2.45, 2.75) is 26.6 Å². The molecule has 0 aliphatic carbocycles. The van der Waals surface area contributed by atoms with E-state index in [-0.39, 0.29) is 29.5 Å². The predicted molar refractivity (Wildman–Crippen MR) is 141 cm³/mol. The SMILES string of the molecule is CCOc1ccc(CN(C)C(=NC)NCc2ccc(Cn3ccccc3=O)cc2)cc1.I. The average Bonchev–Trinajstić information content (AvgIpc) is 2.78. The molecule has 0 bridgehead atoms.